The molecule has 0 saturated heterocycles. The lowest BCUT2D eigenvalue weighted by molar-refractivity contribution is 0.112. The minimum absolute atomic E-state index is 0.0616. The first-order valence-electron chi connectivity index (χ1n) is 5.40. The number of halogens is 1. The topological polar surface area (TPSA) is 20.3 Å². The number of anilines is 1. The molecule has 2 nitrogen and oxygen atoms in total. The van der Waals surface area contributed by atoms with Crippen LogP contribution < -0.4 is 4.90 Å². The van der Waals surface area contributed by atoms with Gasteiger partial charge in [0.25, 0.3) is 0 Å². The third kappa shape index (κ3) is 2.60. The number of aldehydes is 1. The molecule has 0 bridgehead atoms. The Labute approximate surface area is 96.1 Å². The molecule has 3 heteroatoms. The van der Waals surface area contributed by atoms with E-state index < -0.39 is 0 Å². The second-order valence-electron chi connectivity index (χ2n) is 4.59. The summed E-state index contributed by atoms with van der Waals surface area (Å²) in [6.07, 6.45) is 1.61. The van der Waals surface area contributed by atoms with Crippen molar-refractivity contribution in [3.63, 3.8) is 0 Å². The van der Waals surface area contributed by atoms with Gasteiger partial charge in [0.1, 0.15) is 12.1 Å². The maximum absolute atomic E-state index is 13.3. The lowest BCUT2D eigenvalue weighted by atomic mass is 9.99. The van der Waals surface area contributed by atoms with Crippen molar-refractivity contribution in [3.05, 3.63) is 29.6 Å². The van der Waals surface area contributed by atoms with Gasteiger partial charge in [0.05, 0.1) is 0 Å². The molecular formula is C13H18FNO. The number of hydrogen-bond acceptors (Lipinski definition) is 2. The highest BCUT2D eigenvalue weighted by atomic mass is 19.1. The number of hydrogen-bond donors (Lipinski definition) is 0. The van der Waals surface area contributed by atoms with Crippen molar-refractivity contribution in [2.45, 2.75) is 32.7 Å². The molecule has 0 aliphatic carbocycles. The maximum atomic E-state index is 13.3. The Morgan fingerprint density at radius 2 is 2.00 bits per heavy atom. The van der Waals surface area contributed by atoms with Crippen LogP contribution in [0.2, 0.25) is 0 Å². The van der Waals surface area contributed by atoms with Gasteiger partial charge in [-0.3, -0.25) is 4.79 Å². The number of carbonyl (C=O) groups is 1. The highest BCUT2D eigenvalue weighted by Crippen LogP contribution is 2.26. The first-order chi connectivity index (χ1) is 7.40. The van der Waals surface area contributed by atoms with Crippen molar-refractivity contribution >= 4 is 12.0 Å². The summed E-state index contributed by atoms with van der Waals surface area (Å²) in [6.45, 7) is 6.24. The van der Waals surface area contributed by atoms with Crippen LogP contribution in [0.1, 0.15) is 37.6 Å². The fraction of sp³-hybridized carbons (Fsp3) is 0.462. The molecule has 88 valence electrons. The van der Waals surface area contributed by atoms with Crippen molar-refractivity contribution in [3.8, 4) is 0 Å². The Morgan fingerprint density at radius 1 is 1.38 bits per heavy atom. The van der Waals surface area contributed by atoms with Gasteiger partial charge < -0.3 is 4.90 Å². The predicted molar refractivity (Wildman–Crippen MR) is 64.6 cm³/mol. The zero-order valence-electron chi connectivity index (χ0n) is 10.2. The molecule has 0 heterocycles. The van der Waals surface area contributed by atoms with Crippen LogP contribution in [0.3, 0.4) is 0 Å². The van der Waals surface area contributed by atoms with Gasteiger partial charge in [-0.2, -0.15) is 0 Å². The monoisotopic (exact) mass is 223 g/mol. The zero-order valence-corrected chi connectivity index (χ0v) is 10.2. The second-order valence-corrected chi connectivity index (χ2v) is 4.59. The van der Waals surface area contributed by atoms with E-state index in [0.717, 1.165) is 12.1 Å². The van der Waals surface area contributed by atoms with E-state index in [0.29, 0.717) is 11.8 Å². The predicted octanol–water partition coefficient (Wildman–Crippen LogP) is 3.26. The summed E-state index contributed by atoms with van der Waals surface area (Å²) in [4.78, 5) is 12.7. The van der Waals surface area contributed by atoms with Crippen LogP contribution in [0, 0.1) is 5.82 Å². The van der Waals surface area contributed by atoms with Gasteiger partial charge in [-0.15, -0.1) is 0 Å². The average molecular weight is 223 g/mol. The van der Waals surface area contributed by atoms with E-state index in [1.54, 1.807) is 6.07 Å². The average Bonchev–Trinajstić information content (AvgIpc) is 2.27. The quantitative estimate of drug-likeness (QED) is 0.730. The SMILES string of the molecule is CCC(C)(C)N(C)c1cc(F)cc(C=O)c1. The van der Waals surface area contributed by atoms with E-state index in [9.17, 15) is 9.18 Å². The molecular weight excluding hydrogens is 205 g/mol. The van der Waals surface area contributed by atoms with Crippen LogP contribution in [-0.4, -0.2) is 18.9 Å². The molecule has 0 spiro atoms. The van der Waals surface area contributed by atoms with Gasteiger partial charge in [0.2, 0.25) is 0 Å². The molecule has 0 aromatic heterocycles. The molecule has 0 radical (unpaired) electrons. The smallest absolute Gasteiger partial charge is 0.150 e. The molecule has 0 aliphatic heterocycles. The largest absolute Gasteiger partial charge is 0.369 e. The van der Waals surface area contributed by atoms with Gasteiger partial charge in [0, 0.05) is 23.8 Å². The van der Waals surface area contributed by atoms with Crippen LogP contribution >= 0.6 is 0 Å². The zero-order chi connectivity index (χ0) is 12.3. The Morgan fingerprint density at radius 3 is 2.50 bits per heavy atom. The summed E-state index contributed by atoms with van der Waals surface area (Å²) in [5, 5.41) is 0. The Kier molecular flexibility index (Phi) is 3.68. The van der Waals surface area contributed by atoms with E-state index >= 15 is 0 Å². The summed E-state index contributed by atoms with van der Waals surface area (Å²) in [5.41, 5.74) is 1.04. The van der Waals surface area contributed by atoms with Crippen molar-refractivity contribution in [1.29, 1.82) is 0 Å². The van der Waals surface area contributed by atoms with Gasteiger partial charge in [-0.1, -0.05) is 6.92 Å². The Hall–Kier alpha value is -1.38. The third-order valence-corrected chi connectivity index (χ3v) is 3.20. The van der Waals surface area contributed by atoms with Crippen molar-refractivity contribution in [2.75, 3.05) is 11.9 Å². The number of rotatable bonds is 4. The molecule has 0 amide bonds. The van der Waals surface area contributed by atoms with E-state index in [4.69, 9.17) is 0 Å². The van der Waals surface area contributed by atoms with Crippen molar-refractivity contribution in [1.82, 2.24) is 0 Å². The van der Waals surface area contributed by atoms with E-state index in [1.807, 2.05) is 11.9 Å². The van der Waals surface area contributed by atoms with Crippen LogP contribution in [0.5, 0.6) is 0 Å². The van der Waals surface area contributed by atoms with Crippen LogP contribution in [-0.2, 0) is 0 Å². The molecule has 0 atom stereocenters. The van der Waals surface area contributed by atoms with Gasteiger partial charge in [0.15, 0.2) is 0 Å². The van der Waals surface area contributed by atoms with Gasteiger partial charge >= 0.3 is 0 Å². The summed E-state index contributed by atoms with van der Waals surface area (Å²) in [7, 11) is 1.91. The van der Waals surface area contributed by atoms with Gasteiger partial charge in [-0.05, 0) is 38.5 Å². The maximum Gasteiger partial charge on any atom is 0.150 e. The van der Waals surface area contributed by atoms with E-state index in [1.165, 1.54) is 12.1 Å². The summed E-state index contributed by atoms with van der Waals surface area (Å²) >= 11 is 0. The number of nitrogens with zero attached hydrogens (tertiary/aromatic N) is 1. The van der Waals surface area contributed by atoms with Crippen molar-refractivity contribution in [2.24, 2.45) is 0 Å². The first-order valence-corrected chi connectivity index (χ1v) is 5.40. The van der Waals surface area contributed by atoms with Crippen LogP contribution in [0.15, 0.2) is 18.2 Å². The standard InChI is InChI=1S/C13H18FNO/c1-5-13(2,3)15(4)12-7-10(9-16)6-11(14)8-12/h6-9H,5H2,1-4H3. The number of benzene rings is 1. The molecule has 0 saturated carbocycles. The fourth-order valence-electron chi connectivity index (χ4n) is 1.44. The van der Waals surface area contributed by atoms with Crippen molar-refractivity contribution < 1.29 is 9.18 Å². The van der Waals surface area contributed by atoms with Gasteiger partial charge in [-0.25, -0.2) is 4.39 Å². The highest BCUT2D eigenvalue weighted by molar-refractivity contribution is 5.77. The number of carbonyl (C=O) groups excluding carboxylic acids is 1. The molecule has 1 rings (SSSR count). The van der Waals surface area contributed by atoms with Crippen LogP contribution in [0.25, 0.3) is 0 Å². The summed E-state index contributed by atoms with van der Waals surface area (Å²) in [5.74, 6) is -0.377. The molecule has 0 fully saturated rings. The summed E-state index contributed by atoms with van der Waals surface area (Å²) < 4.78 is 13.3. The first kappa shape index (κ1) is 12.7. The minimum Gasteiger partial charge on any atom is -0.369 e. The Balaban J connectivity index is 3.13. The summed E-state index contributed by atoms with van der Waals surface area (Å²) in [6, 6.07) is 4.39. The van der Waals surface area contributed by atoms with Crippen LogP contribution in [0.4, 0.5) is 10.1 Å². The normalized spacial score (nSPS) is 11.3. The molecule has 16 heavy (non-hydrogen) atoms. The lowest BCUT2D eigenvalue weighted by Gasteiger charge is -2.37. The van der Waals surface area contributed by atoms with E-state index in [2.05, 4.69) is 20.8 Å². The molecule has 1 aromatic carbocycles. The minimum atomic E-state index is -0.377. The Bertz CT molecular complexity index is 388. The molecule has 0 N–H and O–H groups in total. The third-order valence-electron chi connectivity index (χ3n) is 3.20. The second kappa shape index (κ2) is 4.64. The molecule has 0 aliphatic rings. The highest BCUT2D eigenvalue weighted by Gasteiger charge is 2.22. The van der Waals surface area contributed by atoms with E-state index in [-0.39, 0.29) is 11.4 Å². The molecule has 0 unspecified atom stereocenters. The fourth-order valence-corrected chi connectivity index (χ4v) is 1.44. The molecule has 1 aromatic rings. The lowest BCUT2D eigenvalue weighted by Crippen LogP contribution is -2.40.